The van der Waals surface area contributed by atoms with Crippen LogP contribution in [0.25, 0.3) is 0 Å². The van der Waals surface area contributed by atoms with Gasteiger partial charge in [-0.15, -0.1) is 11.8 Å². The highest BCUT2D eigenvalue weighted by Gasteiger charge is 2.28. The van der Waals surface area contributed by atoms with Crippen molar-refractivity contribution in [3.63, 3.8) is 0 Å². The van der Waals surface area contributed by atoms with Gasteiger partial charge in [0.1, 0.15) is 6.54 Å². The fourth-order valence-corrected chi connectivity index (χ4v) is 4.05. The molecule has 0 fully saturated rings. The van der Waals surface area contributed by atoms with Gasteiger partial charge < -0.3 is 14.7 Å². The van der Waals surface area contributed by atoms with Crippen LogP contribution in [0.4, 0.5) is 5.69 Å². The molecule has 0 unspecified atom stereocenters. The zero-order valence-electron chi connectivity index (χ0n) is 16.1. The molecule has 2 aromatic carbocycles. The molecule has 28 heavy (non-hydrogen) atoms. The van der Waals surface area contributed by atoms with E-state index in [9.17, 15) is 9.59 Å². The number of likely N-dealkylation sites (N-methyl/N-ethyl adjacent to an activating group) is 1. The van der Waals surface area contributed by atoms with Gasteiger partial charge in [-0.05, 0) is 43.9 Å². The first-order chi connectivity index (χ1) is 13.4. The first-order valence-electron chi connectivity index (χ1n) is 9.13. The average Bonchev–Trinajstić information content (AvgIpc) is 2.68. The van der Waals surface area contributed by atoms with E-state index in [1.165, 1.54) is 11.8 Å². The average molecular weight is 418 g/mol. The van der Waals surface area contributed by atoms with E-state index in [0.717, 1.165) is 22.7 Å². The van der Waals surface area contributed by atoms with Crippen molar-refractivity contribution >= 4 is 40.9 Å². The molecule has 0 aromatic heterocycles. The number of carbonyl (C=O) groups excluding carboxylic acids is 2. The number of rotatable bonds is 7. The molecule has 0 spiro atoms. The standard InChI is InChI=1S/C21H24ClN3O2S/c1-23(2)11-12-24(13-16-7-9-17(22)10-8-16)20(26)14-25-18-5-3-4-6-19(18)28-15-21(25)27/h3-10H,11-15H2,1-2H3. The zero-order chi connectivity index (χ0) is 20.1. The Morgan fingerprint density at radius 3 is 2.54 bits per heavy atom. The van der Waals surface area contributed by atoms with Crippen LogP contribution in [0.1, 0.15) is 5.56 Å². The molecule has 0 radical (unpaired) electrons. The molecule has 5 nitrogen and oxygen atoms in total. The van der Waals surface area contributed by atoms with Crippen LogP contribution >= 0.6 is 23.4 Å². The summed E-state index contributed by atoms with van der Waals surface area (Å²) in [5.74, 6) is 0.266. The lowest BCUT2D eigenvalue weighted by atomic mass is 10.2. The lowest BCUT2D eigenvalue weighted by Gasteiger charge is -2.31. The molecule has 2 amide bonds. The summed E-state index contributed by atoms with van der Waals surface area (Å²) >= 11 is 7.49. The number of halogens is 1. The Bertz CT molecular complexity index is 842. The van der Waals surface area contributed by atoms with E-state index >= 15 is 0 Å². The van der Waals surface area contributed by atoms with Gasteiger partial charge in [-0.1, -0.05) is 35.9 Å². The highest BCUT2D eigenvalue weighted by Crippen LogP contribution is 2.34. The van der Waals surface area contributed by atoms with Crippen molar-refractivity contribution in [3.05, 3.63) is 59.1 Å². The fourth-order valence-electron chi connectivity index (χ4n) is 2.99. The number of para-hydroxylation sites is 1. The molecule has 0 saturated heterocycles. The summed E-state index contributed by atoms with van der Waals surface area (Å²) in [5.41, 5.74) is 1.83. The van der Waals surface area contributed by atoms with Crippen molar-refractivity contribution in [2.75, 3.05) is 44.4 Å². The molecule has 2 aromatic rings. The fraction of sp³-hybridized carbons (Fsp3) is 0.333. The number of nitrogens with zero attached hydrogens (tertiary/aromatic N) is 3. The lowest BCUT2D eigenvalue weighted by Crippen LogP contribution is -2.46. The molecule has 0 bridgehead atoms. The highest BCUT2D eigenvalue weighted by molar-refractivity contribution is 8.00. The molecule has 148 valence electrons. The second-order valence-electron chi connectivity index (χ2n) is 6.98. The Morgan fingerprint density at radius 1 is 1.11 bits per heavy atom. The minimum absolute atomic E-state index is 0.0314. The normalized spacial score (nSPS) is 13.6. The summed E-state index contributed by atoms with van der Waals surface area (Å²) in [6.07, 6.45) is 0. The number of hydrogen-bond acceptors (Lipinski definition) is 4. The van der Waals surface area contributed by atoms with Crippen LogP contribution in [0, 0.1) is 0 Å². The van der Waals surface area contributed by atoms with Gasteiger partial charge in [0, 0.05) is 29.6 Å². The zero-order valence-corrected chi connectivity index (χ0v) is 17.7. The van der Waals surface area contributed by atoms with Crippen LogP contribution < -0.4 is 4.90 Å². The van der Waals surface area contributed by atoms with E-state index in [-0.39, 0.29) is 18.4 Å². The van der Waals surface area contributed by atoms with E-state index in [1.807, 2.05) is 67.5 Å². The minimum atomic E-state index is -0.0631. The Labute approximate surface area is 175 Å². The number of hydrogen-bond donors (Lipinski definition) is 0. The van der Waals surface area contributed by atoms with E-state index in [2.05, 4.69) is 0 Å². The third-order valence-corrected chi connectivity index (χ3v) is 5.86. The topological polar surface area (TPSA) is 43.9 Å². The quantitative estimate of drug-likeness (QED) is 0.692. The number of benzene rings is 2. The van der Waals surface area contributed by atoms with Gasteiger partial charge in [-0.25, -0.2) is 0 Å². The van der Waals surface area contributed by atoms with Crippen LogP contribution in [0.3, 0.4) is 0 Å². The first kappa shape index (κ1) is 20.7. The summed E-state index contributed by atoms with van der Waals surface area (Å²) in [7, 11) is 3.96. The number of anilines is 1. The van der Waals surface area contributed by atoms with Crippen LogP contribution in [-0.4, -0.2) is 61.1 Å². The molecule has 0 N–H and O–H groups in total. The SMILES string of the molecule is CN(C)CCN(Cc1ccc(Cl)cc1)C(=O)CN1C(=O)CSc2ccccc21. The summed E-state index contributed by atoms with van der Waals surface area (Å²) in [6.45, 7) is 1.88. The number of carbonyl (C=O) groups is 2. The van der Waals surface area contributed by atoms with E-state index in [4.69, 9.17) is 11.6 Å². The van der Waals surface area contributed by atoms with Crippen molar-refractivity contribution in [1.82, 2.24) is 9.80 Å². The van der Waals surface area contributed by atoms with Gasteiger partial charge in [0.2, 0.25) is 11.8 Å². The number of fused-ring (bicyclic) bond motifs is 1. The largest absolute Gasteiger partial charge is 0.336 e. The predicted molar refractivity (Wildman–Crippen MR) is 115 cm³/mol. The maximum atomic E-state index is 13.1. The lowest BCUT2D eigenvalue weighted by molar-refractivity contribution is -0.131. The molecule has 1 heterocycles. The monoisotopic (exact) mass is 417 g/mol. The van der Waals surface area contributed by atoms with Gasteiger partial charge >= 0.3 is 0 Å². The molecule has 7 heteroatoms. The molecular formula is C21H24ClN3O2S. The van der Waals surface area contributed by atoms with Gasteiger partial charge in [0.05, 0.1) is 11.4 Å². The maximum Gasteiger partial charge on any atom is 0.242 e. The van der Waals surface area contributed by atoms with Crippen LogP contribution in [0.2, 0.25) is 5.02 Å². The Balaban J connectivity index is 1.76. The van der Waals surface area contributed by atoms with Gasteiger partial charge in [0.25, 0.3) is 0 Å². The summed E-state index contributed by atoms with van der Waals surface area (Å²) in [6, 6.07) is 15.2. The van der Waals surface area contributed by atoms with Gasteiger partial charge in [0.15, 0.2) is 0 Å². The van der Waals surface area contributed by atoms with Gasteiger partial charge in [-0.3, -0.25) is 9.59 Å². The summed E-state index contributed by atoms with van der Waals surface area (Å²) < 4.78 is 0. The molecular weight excluding hydrogens is 394 g/mol. The van der Waals surface area contributed by atoms with Crippen LogP contribution in [-0.2, 0) is 16.1 Å². The third-order valence-electron chi connectivity index (χ3n) is 4.56. The second kappa shape index (κ2) is 9.45. The Hall–Kier alpha value is -2.02. The van der Waals surface area contributed by atoms with E-state index < -0.39 is 0 Å². The minimum Gasteiger partial charge on any atom is -0.336 e. The van der Waals surface area contributed by atoms with Crippen molar-refractivity contribution in [2.45, 2.75) is 11.4 Å². The van der Waals surface area contributed by atoms with Gasteiger partial charge in [-0.2, -0.15) is 0 Å². The second-order valence-corrected chi connectivity index (χ2v) is 8.43. The van der Waals surface area contributed by atoms with E-state index in [0.29, 0.717) is 23.9 Å². The molecule has 0 atom stereocenters. The van der Waals surface area contributed by atoms with Crippen molar-refractivity contribution < 1.29 is 9.59 Å². The molecule has 1 aliphatic heterocycles. The molecule has 0 saturated carbocycles. The highest BCUT2D eigenvalue weighted by atomic mass is 35.5. The predicted octanol–water partition coefficient (Wildman–Crippen LogP) is 3.37. The molecule has 3 rings (SSSR count). The van der Waals surface area contributed by atoms with Crippen molar-refractivity contribution in [3.8, 4) is 0 Å². The molecule has 0 aliphatic carbocycles. The Kier molecular flexibility index (Phi) is 6.99. The number of amides is 2. The third kappa shape index (κ3) is 5.28. The Morgan fingerprint density at radius 2 is 1.82 bits per heavy atom. The summed E-state index contributed by atoms with van der Waals surface area (Å²) in [4.78, 5) is 32.1. The van der Waals surface area contributed by atoms with Crippen LogP contribution in [0.15, 0.2) is 53.4 Å². The summed E-state index contributed by atoms with van der Waals surface area (Å²) in [5, 5.41) is 0.669. The van der Waals surface area contributed by atoms with Crippen molar-refractivity contribution in [2.24, 2.45) is 0 Å². The first-order valence-corrected chi connectivity index (χ1v) is 10.5. The smallest absolute Gasteiger partial charge is 0.242 e. The van der Waals surface area contributed by atoms with E-state index in [1.54, 1.807) is 9.80 Å². The molecule has 1 aliphatic rings. The van der Waals surface area contributed by atoms with Crippen LogP contribution in [0.5, 0.6) is 0 Å². The maximum absolute atomic E-state index is 13.1. The van der Waals surface area contributed by atoms with Crippen molar-refractivity contribution in [1.29, 1.82) is 0 Å². The number of thioether (sulfide) groups is 1.